The maximum absolute atomic E-state index is 13.0. The maximum Gasteiger partial charge on any atom is 0.340 e. The Labute approximate surface area is 140 Å². The van der Waals surface area contributed by atoms with Crippen molar-refractivity contribution in [3.8, 4) is 0 Å². The summed E-state index contributed by atoms with van der Waals surface area (Å²) in [6, 6.07) is 4.89. The first-order valence-corrected chi connectivity index (χ1v) is 9.03. The lowest BCUT2D eigenvalue weighted by Gasteiger charge is -2.32. The van der Waals surface area contributed by atoms with Crippen LogP contribution in [0.15, 0.2) is 29.4 Å². The first-order chi connectivity index (χ1) is 11.4. The van der Waals surface area contributed by atoms with Gasteiger partial charge in [-0.05, 0) is 43.0 Å². The van der Waals surface area contributed by atoms with Crippen molar-refractivity contribution in [3.05, 3.63) is 41.1 Å². The zero-order valence-corrected chi connectivity index (χ0v) is 14.6. The lowest BCUT2D eigenvalue weighted by molar-refractivity contribution is 0.0601. The van der Waals surface area contributed by atoms with Crippen molar-refractivity contribution in [3.63, 3.8) is 0 Å². The number of hydrogen-bond acceptors (Lipinski definition) is 5. The number of methoxy groups -OCH3 is 1. The molecule has 128 valence electrons. The third-order valence-corrected chi connectivity index (χ3v) is 5.89. The molecule has 0 spiro atoms. The topological polar surface area (TPSA) is 81.5 Å². The number of aryl methyl sites for hydroxylation is 2. The highest BCUT2D eigenvalue weighted by molar-refractivity contribution is 7.92. The van der Waals surface area contributed by atoms with E-state index in [9.17, 15) is 13.2 Å². The molecule has 0 N–H and O–H groups in total. The molecule has 0 saturated carbocycles. The van der Waals surface area contributed by atoms with Gasteiger partial charge in [0.15, 0.2) is 5.03 Å². The average molecular weight is 349 g/mol. The lowest BCUT2D eigenvalue weighted by Crippen LogP contribution is -2.37. The summed E-state index contributed by atoms with van der Waals surface area (Å²) in [6.45, 7) is 2.22. The van der Waals surface area contributed by atoms with Gasteiger partial charge >= 0.3 is 5.97 Å². The van der Waals surface area contributed by atoms with Crippen molar-refractivity contribution in [2.75, 3.05) is 18.0 Å². The largest absolute Gasteiger partial charge is 0.465 e. The van der Waals surface area contributed by atoms with E-state index in [1.165, 1.54) is 22.2 Å². The van der Waals surface area contributed by atoms with E-state index in [2.05, 4.69) is 5.10 Å². The number of fused-ring (bicyclic) bond motifs is 1. The van der Waals surface area contributed by atoms with Crippen LogP contribution >= 0.6 is 0 Å². The number of esters is 1. The molecule has 24 heavy (non-hydrogen) atoms. The molecule has 8 heteroatoms. The summed E-state index contributed by atoms with van der Waals surface area (Å²) in [5.41, 5.74) is 2.50. The van der Waals surface area contributed by atoms with E-state index in [1.54, 1.807) is 19.3 Å². The molecule has 0 fully saturated rings. The number of nitrogens with zero attached hydrogens (tertiary/aromatic N) is 3. The summed E-state index contributed by atoms with van der Waals surface area (Å²) < 4.78 is 33.6. The molecule has 2 aromatic rings. The normalized spacial score (nSPS) is 14.4. The van der Waals surface area contributed by atoms with Gasteiger partial charge in [-0.1, -0.05) is 6.07 Å². The highest BCUT2D eigenvalue weighted by Gasteiger charge is 2.34. The minimum atomic E-state index is -3.84. The van der Waals surface area contributed by atoms with Gasteiger partial charge in [0.1, 0.15) is 0 Å². The Hall–Kier alpha value is -2.35. The zero-order valence-electron chi connectivity index (χ0n) is 13.8. The Balaban J connectivity index is 2.21. The van der Waals surface area contributed by atoms with Gasteiger partial charge in [-0.2, -0.15) is 13.5 Å². The van der Waals surface area contributed by atoms with Gasteiger partial charge in [0.05, 0.1) is 18.4 Å². The van der Waals surface area contributed by atoms with Crippen LogP contribution in [0.2, 0.25) is 0 Å². The van der Waals surface area contributed by atoms with Gasteiger partial charge in [0.2, 0.25) is 0 Å². The van der Waals surface area contributed by atoms with Crippen LogP contribution in [0.4, 0.5) is 5.69 Å². The maximum atomic E-state index is 13.0. The van der Waals surface area contributed by atoms with Crippen LogP contribution in [0, 0.1) is 6.92 Å². The summed E-state index contributed by atoms with van der Waals surface area (Å²) in [7, 11) is -0.895. The van der Waals surface area contributed by atoms with Gasteiger partial charge in [0, 0.05) is 19.8 Å². The second-order valence-electron chi connectivity index (χ2n) is 5.76. The molecule has 0 amide bonds. The fourth-order valence-electron chi connectivity index (χ4n) is 3.01. The molecule has 0 radical (unpaired) electrons. The summed E-state index contributed by atoms with van der Waals surface area (Å²) in [5, 5.41) is 3.99. The van der Waals surface area contributed by atoms with Crippen molar-refractivity contribution < 1.29 is 17.9 Å². The van der Waals surface area contributed by atoms with Gasteiger partial charge in [0.25, 0.3) is 10.0 Å². The highest BCUT2D eigenvalue weighted by atomic mass is 32.2. The first-order valence-electron chi connectivity index (χ1n) is 7.59. The molecule has 0 saturated heterocycles. The van der Waals surface area contributed by atoms with E-state index in [0.29, 0.717) is 18.7 Å². The number of benzene rings is 1. The van der Waals surface area contributed by atoms with Gasteiger partial charge in [-0.3, -0.25) is 8.99 Å². The van der Waals surface area contributed by atoms with Gasteiger partial charge in [-0.25, -0.2) is 4.79 Å². The minimum Gasteiger partial charge on any atom is -0.465 e. The number of aromatic nitrogens is 2. The number of carbonyl (C=O) groups is 1. The molecule has 1 aromatic heterocycles. The number of carbonyl (C=O) groups excluding carboxylic acids is 1. The molecule has 3 rings (SSSR count). The first kappa shape index (κ1) is 16.5. The average Bonchev–Trinajstić information content (AvgIpc) is 3.01. The van der Waals surface area contributed by atoms with E-state index in [-0.39, 0.29) is 10.6 Å². The van der Waals surface area contributed by atoms with Gasteiger partial charge in [-0.15, -0.1) is 0 Å². The standard InChI is InChI=1S/C16H19N3O4S/c1-11-6-7-13(16(20)23-3)15-12(11)5-4-9-19(15)24(21,22)14-8-10-18(2)17-14/h6-8,10H,4-5,9H2,1-3H3. The molecular weight excluding hydrogens is 330 g/mol. The molecule has 2 heterocycles. The summed E-state index contributed by atoms with van der Waals surface area (Å²) in [5.74, 6) is -0.547. The number of rotatable bonds is 3. The van der Waals surface area contributed by atoms with Crippen LogP contribution < -0.4 is 4.31 Å². The molecule has 0 bridgehead atoms. The van der Waals surface area contributed by atoms with Crippen LogP contribution in [-0.4, -0.2) is 37.8 Å². The van der Waals surface area contributed by atoms with E-state index in [0.717, 1.165) is 17.5 Å². The predicted molar refractivity (Wildman–Crippen MR) is 88.6 cm³/mol. The summed E-state index contributed by atoms with van der Waals surface area (Å²) in [4.78, 5) is 12.1. The summed E-state index contributed by atoms with van der Waals surface area (Å²) >= 11 is 0. The monoisotopic (exact) mass is 349 g/mol. The van der Waals surface area contributed by atoms with Crippen molar-refractivity contribution in [1.29, 1.82) is 0 Å². The van der Waals surface area contributed by atoms with Crippen LogP contribution in [0.3, 0.4) is 0 Å². The Bertz CT molecular complexity index is 902. The van der Waals surface area contributed by atoms with Crippen LogP contribution in [-0.2, 0) is 28.2 Å². The Morgan fingerprint density at radius 2 is 2.04 bits per heavy atom. The third kappa shape index (κ3) is 2.56. The fourth-order valence-corrected chi connectivity index (χ4v) is 4.52. The number of anilines is 1. The molecule has 1 aliphatic heterocycles. The van der Waals surface area contributed by atoms with E-state index < -0.39 is 16.0 Å². The van der Waals surface area contributed by atoms with Crippen molar-refractivity contribution in [2.45, 2.75) is 24.8 Å². The third-order valence-electron chi connectivity index (χ3n) is 4.20. The van der Waals surface area contributed by atoms with Crippen molar-refractivity contribution >= 4 is 21.7 Å². The van der Waals surface area contributed by atoms with Crippen molar-refractivity contribution in [2.24, 2.45) is 7.05 Å². The van der Waals surface area contributed by atoms with E-state index in [4.69, 9.17) is 4.74 Å². The summed E-state index contributed by atoms with van der Waals surface area (Å²) in [6.07, 6.45) is 2.99. The van der Waals surface area contributed by atoms with Crippen LogP contribution in [0.1, 0.15) is 27.9 Å². The van der Waals surface area contributed by atoms with Crippen LogP contribution in [0.25, 0.3) is 0 Å². The second kappa shape index (κ2) is 5.94. The van der Waals surface area contributed by atoms with Gasteiger partial charge < -0.3 is 4.74 Å². The SMILES string of the molecule is COC(=O)c1ccc(C)c2c1N(S(=O)(=O)c1ccn(C)n1)CCC2. The quantitative estimate of drug-likeness (QED) is 0.787. The molecule has 7 nitrogen and oxygen atoms in total. The Kier molecular flexibility index (Phi) is 4.08. The van der Waals surface area contributed by atoms with E-state index >= 15 is 0 Å². The fraction of sp³-hybridized carbons (Fsp3) is 0.375. The number of sulfonamides is 1. The highest BCUT2D eigenvalue weighted by Crippen LogP contribution is 2.37. The smallest absolute Gasteiger partial charge is 0.340 e. The lowest BCUT2D eigenvalue weighted by atomic mass is 9.95. The molecule has 0 aliphatic carbocycles. The zero-order chi connectivity index (χ0) is 17.5. The number of hydrogen-bond donors (Lipinski definition) is 0. The molecule has 1 aromatic carbocycles. The van der Waals surface area contributed by atoms with E-state index in [1.807, 2.05) is 13.0 Å². The Morgan fingerprint density at radius 3 is 2.67 bits per heavy atom. The molecule has 0 atom stereocenters. The molecular formula is C16H19N3O4S. The van der Waals surface area contributed by atoms with Crippen LogP contribution in [0.5, 0.6) is 0 Å². The predicted octanol–water partition coefficient (Wildman–Crippen LogP) is 1.66. The molecule has 0 unspecified atom stereocenters. The molecule has 1 aliphatic rings. The minimum absolute atomic E-state index is 0.0322. The second-order valence-corrected chi connectivity index (χ2v) is 7.57. The van der Waals surface area contributed by atoms with Crippen molar-refractivity contribution in [1.82, 2.24) is 9.78 Å². The Morgan fingerprint density at radius 1 is 1.29 bits per heavy atom. The number of ether oxygens (including phenoxy) is 1.